The van der Waals surface area contributed by atoms with Crippen LogP contribution in [-0.4, -0.2) is 9.97 Å². The second kappa shape index (κ2) is 13.5. The van der Waals surface area contributed by atoms with E-state index in [1.165, 1.54) is 88.4 Å². The van der Waals surface area contributed by atoms with Crippen molar-refractivity contribution < 1.29 is 0 Å². The van der Waals surface area contributed by atoms with Gasteiger partial charge >= 0.3 is 0 Å². The number of hydrogen-bond donors (Lipinski definition) is 0. The fraction of sp³-hybridized carbons (Fsp3) is 0.810. The summed E-state index contributed by atoms with van der Waals surface area (Å²) in [5.74, 6) is 0.953. The Balaban J connectivity index is 2.25. The Bertz CT molecular complexity index is 367. The van der Waals surface area contributed by atoms with Crippen molar-refractivity contribution in [3.8, 4) is 0 Å². The van der Waals surface area contributed by atoms with Gasteiger partial charge in [-0.1, -0.05) is 78.1 Å². The molecule has 23 heavy (non-hydrogen) atoms. The van der Waals surface area contributed by atoms with E-state index < -0.39 is 0 Å². The first-order valence-electron chi connectivity index (χ1n) is 10.1. The van der Waals surface area contributed by atoms with Gasteiger partial charge in [0.25, 0.3) is 0 Å². The molecule has 0 aliphatic carbocycles. The second-order valence-electron chi connectivity index (χ2n) is 6.93. The lowest BCUT2D eigenvalue weighted by Crippen LogP contribution is -2.01. The third-order valence-electron chi connectivity index (χ3n) is 4.52. The minimum atomic E-state index is 0.953. The molecule has 0 atom stereocenters. The van der Waals surface area contributed by atoms with Gasteiger partial charge in [0.1, 0.15) is 5.82 Å². The molecule has 0 bridgehead atoms. The molecule has 0 radical (unpaired) electrons. The highest BCUT2D eigenvalue weighted by atomic mass is 14.9. The topological polar surface area (TPSA) is 25.8 Å². The van der Waals surface area contributed by atoms with Gasteiger partial charge in [-0.15, -0.1) is 0 Å². The molecule has 0 fully saturated rings. The van der Waals surface area contributed by atoms with Gasteiger partial charge in [-0.3, -0.25) is 0 Å². The van der Waals surface area contributed by atoms with Gasteiger partial charge in [0.15, 0.2) is 0 Å². The molecule has 0 unspecified atom stereocenters. The molecule has 0 spiro atoms. The van der Waals surface area contributed by atoms with Gasteiger partial charge in [-0.2, -0.15) is 0 Å². The van der Waals surface area contributed by atoms with Crippen molar-refractivity contribution in [3.05, 3.63) is 23.3 Å². The van der Waals surface area contributed by atoms with Crippen molar-refractivity contribution in [3.63, 3.8) is 0 Å². The van der Waals surface area contributed by atoms with Crippen molar-refractivity contribution in [2.45, 2.75) is 111 Å². The first kappa shape index (κ1) is 20.1. The zero-order chi connectivity index (χ0) is 16.8. The Labute approximate surface area is 144 Å². The van der Waals surface area contributed by atoms with Crippen LogP contribution < -0.4 is 0 Å². The molecule has 0 saturated carbocycles. The second-order valence-corrected chi connectivity index (χ2v) is 6.93. The van der Waals surface area contributed by atoms with E-state index in [2.05, 4.69) is 29.9 Å². The van der Waals surface area contributed by atoms with Crippen LogP contribution in [0.3, 0.4) is 0 Å². The number of rotatable bonds is 14. The maximum atomic E-state index is 4.63. The zero-order valence-electron chi connectivity index (χ0n) is 15.9. The maximum absolute atomic E-state index is 4.63. The van der Waals surface area contributed by atoms with Crippen molar-refractivity contribution in [1.29, 1.82) is 0 Å². The van der Waals surface area contributed by atoms with Crippen molar-refractivity contribution >= 4 is 0 Å². The summed E-state index contributed by atoms with van der Waals surface area (Å²) in [6, 6.07) is 2.26. The van der Waals surface area contributed by atoms with Gasteiger partial charge in [0, 0.05) is 11.4 Å². The van der Waals surface area contributed by atoms with Gasteiger partial charge in [0.2, 0.25) is 0 Å². The third kappa shape index (κ3) is 10.5. The van der Waals surface area contributed by atoms with Gasteiger partial charge in [-0.25, -0.2) is 9.97 Å². The average molecular weight is 319 g/mol. The Morgan fingerprint density at radius 1 is 0.609 bits per heavy atom. The minimum absolute atomic E-state index is 0.953. The Hall–Kier alpha value is -0.920. The largest absolute Gasteiger partial charge is 0.238 e. The summed E-state index contributed by atoms with van der Waals surface area (Å²) in [5, 5.41) is 0. The molecule has 0 aliphatic rings. The molecule has 0 amide bonds. The molecule has 2 nitrogen and oxygen atoms in total. The molecule has 0 N–H and O–H groups in total. The lowest BCUT2D eigenvalue weighted by Gasteiger charge is -2.07. The molecule has 132 valence electrons. The predicted octanol–water partition coefficient (Wildman–Crippen LogP) is 6.59. The molecular weight excluding hydrogens is 280 g/mol. The molecular formula is C21H38N2. The van der Waals surface area contributed by atoms with E-state index in [1.54, 1.807) is 0 Å². The van der Waals surface area contributed by atoms with E-state index in [0.717, 1.165) is 18.7 Å². The lowest BCUT2D eigenvalue weighted by atomic mass is 10.1. The van der Waals surface area contributed by atoms with Crippen molar-refractivity contribution in [2.24, 2.45) is 0 Å². The maximum Gasteiger partial charge on any atom is 0.125 e. The molecule has 0 saturated heterocycles. The number of unbranched alkanes of at least 4 members (excludes halogenated alkanes) is 10. The van der Waals surface area contributed by atoms with Crippen LogP contribution in [0.5, 0.6) is 0 Å². The van der Waals surface area contributed by atoms with Gasteiger partial charge < -0.3 is 0 Å². The average Bonchev–Trinajstić information content (AvgIpc) is 2.53. The summed E-state index contributed by atoms with van der Waals surface area (Å²) in [6.45, 7) is 6.58. The summed E-state index contributed by atoms with van der Waals surface area (Å²) >= 11 is 0. The summed E-state index contributed by atoms with van der Waals surface area (Å²) in [7, 11) is 0. The summed E-state index contributed by atoms with van der Waals surface area (Å²) in [4.78, 5) is 9.25. The minimum Gasteiger partial charge on any atom is -0.238 e. The lowest BCUT2D eigenvalue weighted by molar-refractivity contribution is 0.598. The SMILES string of the molecule is CCCCCCCCc1cc(CCCCCCCC)nc(C)n1. The Morgan fingerprint density at radius 3 is 1.43 bits per heavy atom. The molecule has 1 aromatic heterocycles. The van der Waals surface area contributed by atoms with E-state index in [0.29, 0.717) is 0 Å². The van der Waals surface area contributed by atoms with Crippen LogP contribution in [0.25, 0.3) is 0 Å². The number of nitrogens with zero attached hydrogens (tertiary/aromatic N) is 2. The smallest absolute Gasteiger partial charge is 0.125 e. The molecule has 0 aliphatic heterocycles. The number of hydrogen-bond acceptors (Lipinski definition) is 2. The highest BCUT2D eigenvalue weighted by Crippen LogP contribution is 2.12. The van der Waals surface area contributed by atoms with Gasteiger partial charge in [-0.05, 0) is 38.7 Å². The third-order valence-corrected chi connectivity index (χ3v) is 4.52. The van der Waals surface area contributed by atoms with E-state index in [9.17, 15) is 0 Å². The van der Waals surface area contributed by atoms with Crippen LogP contribution >= 0.6 is 0 Å². The Kier molecular flexibility index (Phi) is 11.8. The summed E-state index contributed by atoms with van der Waals surface area (Å²) in [5.41, 5.74) is 2.52. The van der Waals surface area contributed by atoms with Crippen LogP contribution in [-0.2, 0) is 12.8 Å². The van der Waals surface area contributed by atoms with Crippen LogP contribution in [0.15, 0.2) is 6.07 Å². The highest BCUT2D eigenvalue weighted by molar-refractivity contribution is 5.11. The number of aryl methyl sites for hydroxylation is 3. The van der Waals surface area contributed by atoms with E-state index in [1.807, 2.05) is 6.92 Å². The fourth-order valence-corrected chi connectivity index (χ4v) is 3.13. The Morgan fingerprint density at radius 2 is 1.00 bits per heavy atom. The molecule has 1 aromatic rings. The van der Waals surface area contributed by atoms with E-state index >= 15 is 0 Å². The van der Waals surface area contributed by atoms with Gasteiger partial charge in [0.05, 0.1) is 0 Å². The first-order chi connectivity index (χ1) is 11.3. The zero-order valence-corrected chi connectivity index (χ0v) is 15.9. The molecule has 0 aromatic carbocycles. The first-order valence-corrected chi connectivity index (χ1v) is 10.1. The molecule has 1 heterocycles. The van der Waals surface area contributed by atoms with E-state index in [-0.39, 0.29) is 0 Å². The van der Waals surface area contributed by atoms with Crippen molar-refractivity contribution in [2.75, 3.05) is 0 Å². The van der Waals surface area contributed by atoms with Crippen LogP contribution in [0.2, 0.25) is 0 Å². The quantitative estimate of drug-likeness (QED) is 0.361. The van der Waals surface area contributed by atoms with Crippen molar-refractivity contribution in [1.82, 2.24) is 9.97 Å². The summed E-state index contributed by atoms with van der Waals surface area (Å²) in [6.07, 6.45) is 18.4. The highest BCUT2D eigenvalue weighted by Gasteiger charge is 2.03. The van der Waals surface area contributed by atoms with Crippen LogP contribution in [0.4, 0.5) is 0 Å². The van der Waals surface area contributed by atoms with Crippen LogP contribution in [0.1, 0.15) is 108 Å². The standard InChI is InChI=1S/C21H38N2/c1-4-6-8-10-12-14-16-20-18-21(23-19(3)22-20)17-15-13-11-9-7-5-2/h18H,4-17H2,1-3H3. The monoisotopic (exact) mass is 318 g/mol. The molecule has 1 rings (SSSR count). The normalized spacial score (nSPS) is 11.1. The van der Waals surface area contributed by atoms with Crippen LogP contribution in [0, 0.1) is 6.92 Å². The summed E-state index contributed by atoms with van der Waals surface area (Å²) < 4.78 is 0. The number of aromatic nitrogens is 2. The predicted molar refractivity (Wildman–Crippen MR) is 101 cm³/mol. The van der Waals surface area contributed by atoms with E-state index in [4.69, 9.17) is 0 Å². The molecule has 2 heteroatoms. The fourth-order valence-electron chi connectivity index (χ4n) is 3.13.